The van der Waals surface area contributed by atoms with E-state index in [1.165, 1.54) is 0 Å². The molecular weight excluding hydrogens is 320 g/mol. The number of aryl methyl sites for hydroxylation is 1. The summed E-state index contributed by atoms with van der Waals surface area (Å²) >= 11 is 0. The van der Waals surface area contributed by atoms with E-state index in [9.17, 15) is 15.0 Å². The number of benzene rings is 2. The predicted molar refractivity (Wildman–Crippen MR) is 94.6 cm³/mol. The molecule has 0 bridgehead atoms. The van der Waals surface area contributed by atoms with Crippen LogP contribution in [0.1, 0.15) is 36.6 Å². The number of carbonyl (C=O) groups is 1. The van der Waals surface area contributed by atoms with Crippen LogP contribution in [0.15, 0.2) is 48.5 Å². The number of aliphatic hydroxyl groups excluding tert-OH is 1. The number of hydrogen-bond acceptors (Lipinski definition) is 4. The average Bonchev–Trinajstić information content (AvgIpc) is 2.64. The van der Waals surface area contributed by atoms with Crippen molar-refractivity contribution in [2.45, 2.75) is 39.1 Å². The van der Waals surface area contributed by atoms with E-state index < -0.39 is 18.2 Å². The number of carboxylic acid groups (broad SMARTS) is 1. The Labute approximate surface area is 147 Å². The van der Waals surface area contributed by atoms with Crippen molar-refractivity contribution in [2.24, 2.45) is 0 Å². The quantitative estimate of drug-likeness (QED) is 0.729. The second-order valence-electron chi connectivity index (χ2n) is 5.65. The fourth-order valence-electron chi connectivity index (χ4n) is 2.65. The average molecular weight is 344 g/mol. The van der Waals surface area contributed by atoms with Crippen LogP contribution in [0.5, 0.6) is 5.75 Å². The van der Waals surface area contributed by atoms with Crippen LogP contribution in [0.25, 0.3) is 0 Å². The van der Waals surface area contributed by atoms with E-state index in [-0.39, 0.29) is 6.61 Å². The highest BCUT2D eigenvalue weighted by molar-refractivity contribution is 5.73. The Morgan fingerprint density at radius 1 is 1.12 bits per heavy atom. The first-order valence-corrected chi connectivity index (χ1v) is 8.38. The van der Waals surface area contributed by atoms with Crippen LogP contribution in [0.3, 0.4) is 0 Å². The zero-order valence-corrected chi connectivity index (χ0v) is 14.5. The minimum Gasteiger partial charge on any atom is -0.489 e. The molecule has 0 spiro atoms. The maximum absolute atomic E-state index is 11.3. The summed E-state index contributed by atoms with van der Waals surface area (Å²) in [5.74, 6) is -0.499. The molecule has 0 heterocycles. The first kappa shape index (κ1) is 19.0. The number of aliphatic carboxylic acids is 1. The first-order valence-electron chi connectivity index (χ1n) is 8.38. The molecule has 2 aromatic carbocycles. The van der Waals surface area contributed by atoms with Crippen molar-refractivity contribution in [2.75, 3.05) is 6.61 Å². The van der Waals surface area contributed by atoms with Gasteiger partial charge in [0.2, 0.25) is 0 Å². The first-order chi connectivity index (χ1) is 12.1. The van der Waals surface area contributed by atoms with Crippen molar-refractivity contribution >= 4 is 5.97 Å². The largest absolute Gasteiger partial charge is 0.489 e. The lowest BCUT2D eigenvalue weighted by atomic mass is 9.96. The molecule has 0 saturated carbocycles. The van der Waals surface area contributed by atoms with E-state index in [4.69, 9.17) is 9.47 Å². The van der Waals surface area contributed by atoms with Crippen molar-refractivity contribution in [3.8, 4) is 5.75 Å². The Hall–Kier alpha value is -2.37. The molecule has 0 radical (unpaired) electrons. The molecule has 2 aromatic rings. The lowest BCUT2D eigenvalue weighted by Crippen LogP contribution is -2.31. The maximum atomic E-state index is 11.3. The SMILES string of the molecule is CCO[C@H](C(=O)O)[C@H](O)c1ccc(OCc2ccccc2)cc1CC. The number of hydrogen-bond donors (Lipinski definition) is 2. The second kappa shape index (κ2) is 9.20. The van der Waals surface area contributed by atoms with Crippen molar-refractivity contribution in [3.63, 3.8) is 0 Å². The predicted octanol–water partition coefficient (Wildman–Crippen LogP) is 3.35. The highest BCUT2D eigenvalue weighted by Crippen LogP contribution is 2.27. The van der Waals surface area contributed by atoms with Crippen LogP contribution in [-0.2, 0) is 22.6 Å². The molecule has 0 fully saturated rings. The van der Waals surface area contributed by atoms with Gasteiger partial charge in [0.25, 0.3) is 0 Å². The fraction of sp³-hybridized carbons (Fsp3) is 0.350. The van der Waals surface area contributed by atoms with Gasteiger partial charge in [0.15, 0.2) is 6.10 Å². The molecule has 0 aromatic heterocycles. The zero-order chi connectivity index (χ0) is 18.2. The standard InChI is InChI=1S/C20H24O5/c1-3-15-12-16(25-13-14-8-6-5-7-9-14)10-11-17(15)18(21)19(20(22)23)24-4-2/h5-12,18-19,21H,3-4,13H2,1-2H3,(H,22,23)/t18-,19+/m1/s1. The Morgan fingerprint density at radius 2 is 1.84 bits per heavy atom. The van der Waals surface area contributed by atoms with E-state index >= 15 is 0 Å². The summed E-state index contributed by atoms with van der Waals surface area (Å²) in [5, 5.41) is 19.7. The topological polar surface area (TPSA) is 76.0 Å². The van der Waals surface area contributed by atoms with E-state index in [0.29, 0.717) is 24.3 Å². The normalized spacial score (nSPS) is 13.2. The van der Waals surface area contributed by atoms with Gasteiger partial charge in [0, 0.05) is 6.61 Å². The van der Waals surface area contributed by atoms with E-state index in [0.717, 1.165) is 11.1 Å². The highest BCUT2D eigenvalue weighted by Gasteiger charge is 2.29. The van der Waals surface area contributed by atoms with Crippen LogP contribution < -0.4 is 4.74 Å². The fourth-order valence-corrected chi connectivity index (χ4v) is 2.65. The smallest absolute Gasteiger partial charge is 0.335 e. The lowest BCUT2D eigenvalue weighted by molar-refractivity contribution is -0.158. The Kier molecular flexibility index (Phi) is 6.98. The zero-order valence-electron chi connectivity index (χ0n) is 14.5. The van der Waals surface area contributed by atoms with Crippen LogP contribution in [0, 0.1) is 0 Å². The molecule has 0 aliphatic rings. The summed E-state index contributed by atoms with van der Waals surface area (Å²) in [6, 6.07) is 15.1. The Bertz CT molecular complexity index is 684. The van der Waals surface area contributed by atoms with Gasteiger partial charge in [0.05, 0.1) is 0 Å². The number of aliphatic hydroxyl groups is 1. The molecule has 0 aliphatic carbocycles. The summed E-state index contributed by atoms with van der Waals surface area (Å²) in [6.07, 6.45) is -1.87. The van der Waals surface area contributed by atoms with Crippen LogP contribution in [0.2, 0.25) is 0 Å². The summed E-state index contributed by atoms with van der Waals surface area (Å²) in [6.45, 7) is 4.31. The van der Waals surface area contributed by atoms with Gasteiger partial charge in [-0.3, -0.25) is 0 Å². The third-order valence-electron chi connectivity index (χ3n) is 3.94. The lowest BCUT2D eigenvalue weighted by Gasteiger charge is -2.22. The molecule has 5 nitrogen and oxygen atoms in total. The minimum absolute atomic E-state index is 0.216. The van der Waals surface area contributed by atoms with E-state index in [1.54, 1.807) is 19.1 Å². The van der Waals surface area contributed by atoms with Gasteiger partial charge in [0.1, 0.15) is 18.5 Å². The molecule has 0 unspecified atom stereocenters. The Balaban J connectivity index is 2.16. The van der Waals surface area contributed by atoms with Crippen LogP contribution in [0.4, 0.5) is 0 Å². The van der Waals surface area contributed by atoms with Crippen molar-refractivity contribution in [1.82, 2.24) is 0 Å². The summed E-state index contributed by atoms with van der Waals surface area (Å²) in [7, 11) is 0. The van der Waals surface area contributed by atoms with Crippen LogP contribution in [-0.4, -0.2) is 28.9 Å². The number of ether oxygens (including phenoxy) is 2. The minimum atomic E-state index is -1.29. The van der Waals surface area contributed by atoms with Gasteiger partial charge in [-0.2, -0.15) is 0 Å². The Morgan fingerprint density at radius 3 is 2.44 bits per heavy atom. The van der Waals surface area contributed by atoms with E-state index in [1.807, 2.05) is 43.3 Å². The summed E-state index contributed by atoms with van der Waals surface area (Å²) in [5.41, 5.74) is 2.45. The molecule has 2 rings (SSSR count). The number of rotatable bonds is 9. The van der Waals surface area contributed by atoms with Gasteiger partial charge >= 0.3 is 5.97 Å². The molecule has 5 heteroatoms. The second-order valence-corrected chi connectivity index (χ2v) is 5.65. The van der Waals surface area contributed by atoms with Gasteiger partial charge in [-0.25, -0.2) is 4.79 Å². The highest BCUT2D eigenvalue weighted by atomic mass is 16.5. The number of carboxylic acids is 1. The molecule has 0 amide bonds. The van der Waals surface area contributed by atoms with Crippen molar-refractivity contribution in [3.05, 3.63) is 65.2 Å². The summed E-state index contributed by atoms with van der Waals surface area (Å²) in [4.78, 5) is 11.3. The van der Waals surface area contributed by atoms with Crippen molar-refractivity contribution < 1.29 is 24.5 Å². The molecule has 2 atom stereocenters. The summed E-state index contributed by atoms with van der Waals surface area (Å²) < 4.78 is 11.0. The molecule has 0 saturated heterocycles. The maximum Gasteiger partial charge on any atom is 0.335 e. The van der Waals surface area contributed by atoms with Gasteiger partial charge in [-0.05, 0) is 42.2 Å². The van der Waals surface area contributed by atoms with E-state index in [2.05, 4.69) is 0 Å². The molecule has 0 aliphatic heterocycles. The molecular formula is C20H24O5. The van der Waals surface area contributed by atoms with Gasteiger partial charge in [-0.15, -0.1) is 0 Å². The monoisotopic (exact) mass is 344 g/mol. The van der Waals surface area contributed by atoms with Gasteiger partial charge in [-0.1, -0.05) is 43.3 Å². The molecule has 134 valence electrons. The van der Waals surface area contributed by atoms with Crippen molar-refractivity contribution in [1.29, 1.82) is 0 Å². The van der Waals surface area contributed by atoms with Crippen LogP contribution >= 0.6 is 0 Å². The molecule has 2 N–H and O–H groups in total. The van der Waals surface area contributed by atoms with Gasteiger partial charge < -0.3 is 19.7 Å². The third kappa shape index (κ3) is 5.05. The molecule has 25 heavy (non-hydrogen) atoms. The third-order valence-corrected chi connectivity index (χ3v) is 3.94.